The van der Waals surface area contributed by atoms with E-state index in [9.17, 15) is 9.59 Å². The van der Waals surface area contributed by atoms with Crippen LogP contribution in [0.25, 0.3) is 0 Å². The summed E-state index contributed by atoms with van der Waals surface area (Å²) in [5.41, 5.74) is 2.36. The van der Waals surface area contributed by atoms with Gasteiger partial charge in [-0.3, -0.25) is 9.59 Å². The summed E-state index contributed by atoms with van der Waals surface area (Å²) in [6, 6.07) is 12.7. The van der Waals surface area contributed by atoms with E-state index < -0.39 is 0 Å². The number of fused-ring (bicyclic) bond motifs is 1. The normalized spacial score (nSPS) is 16.9. The molecule has 2 aromatic carbocycles. The summed E-state index contributed by atoms with van der Waals surface area (Å²) in [6.07, 6.45) is 1.48. The van der Waals surface area contributed by atoms with Crippen molar-refractivity contribution < 1.29 is 19.1 Å². The summed E-state index contributed by atoms with van der Waals surface area (Å²) in [7, 11) is 0. The highest BCUT2D eigenvalue weighted by atomic mass is 16.6. The molecule has 2 aliphatic heterocycles. The number of nitrogens with zero attached hydrogens (tertiary/aromatic N) is 1. The summed E-state index contributed by atoms with van der Waals surface area (Å²) in [5.74, 6) is 1.42. The third kappa shape index (κ3) is 3.60. The highest BCUT2D eigenvalue weighted by molar-refractivity contribution is 5.97. The molecule has 1 saturated heterocycles. The van der Waals surface area contributed by atoms with Crippen LogP contribution >= 0.6 is 0 Å². The van der Waals surface area contributed by atoms with Gasteiger partial charge in [0.15, 0.2) is 11.5 Å². The van der Waals surface area contributed by atoms with Gasteiger partial charge in [0.25, 0.3) is 5.91 Å². The average molecular weight is 366 g/mol. The Kier molecular flexibility index (Phi) is 4.71. The van der Waals surface area contributed by atoms with Gasteiger partial charge in [-0.05, 0) is 55.3 Å². The zero-order chi connectivity index (χ0) is 18.8. The average Bonchev–Trinajstić information content (AvgIpc) is 3.13. The first kappa shape index (κ1) is 17.4. The number of benzene rings is 2. The van der Waals surface area contributed by atoms with E-state index in [0.29, 0.717) is 30.9 Å². The molecule has 0 saturated carbocycles. The maximum absolute atomic E-state index is 12.6. The largest absolute Gasteiger partial charge is 0.486 e. The van der Waals surface area contributed by atoms with Crippen LogP contribution in [0, 0.1) is 0 Å². The van der Waals surface area contributed by atoms with Crippen LogP contribution in [0.3, 0.4) is 0 Å². The van der Waals surface area contributed by atoms with E-state index >= 15 is 0 Å². The summed E-state index contributed by atoms with van der Waals surface area (Å²) < 4.78 is 11.1. The highest BCUT2D eigenvalue weighted by Gasteiger charge is 2.22. The fourth-order valence-electron chi connectivity index (χ4n) is 3.41. The van der Waals surface area contributed by atoms with E-state index in [4.69, 9.17) is 9.47 Å². The smallest absolute Gasteiger partial charge is 0.251 e. The number of rotatable bonds is 4. The molecule has 2 aliphatic rings. The zero-order valence-electron chi connectivity index (χ0n) is 15.2. The monoisotopic (exact) mass is 366 g/mol. The lowest BCUT2D eigenvalue weighted by molar-refractivity contribution is -0.117. The maximum atomic E-state index is 12.6. The van der Waals surface area contributed by atoms with Crippen molar-refractivity contribution in [2.45, 2.75) is 25.8 Å². The molecule has 27 heavy (non-hydrogen) atoms. The van der Waals surface area contributed by atoms with Crippen LogP contribution in [-0.2, 0) is 4.79 Å². The quantitative estimate of drug-likeness (QED) is 0.903. The van der Waals surface area contributed by atoms with Gasteiger partial charge in [-0.1, -0.05) is 6.07 Å². The van der Waals surface area contributed by atoms with E-state index in [1.165, 1.54) is 0 Å². The molecule has 2 aromatic rings. The van der Waals surface area contributed by atoms with Crippen LogP contribution < -0.4 is 19.7 Å². The molecule has 1 fully saturated rings. The van der Waals surface area contributed by atoms with Crippen LogP contribution in [-0.4, -0.2) is 31.6 Å². The van der Waals surface area contributed by atoms with E-state index in [-0.39, 0.29) is 17.9 Å². The number of amides is 2. The van der Waals surface area contributed by atoms with Gasteiger partial charge in [-0.25, -0.2) is 0 Å². The fourth-order valence-corrected chi connectivity index (χ4v) is 3.41. The van der Waals surface area contributed by atoms with Gasteiger partial charge in [0, 0.05) is 24.2 Å². The summed E-state index contributed by atoms with van der Waals surface area (Å²) in [4.78, 5) is 26.2. The van der Waals surface area contributed by atoms with Crippen LogP contribution in [0.2, 0.25) is 0 Å². The van der Waals surface area contributed by atoms with Crippen molar-refractivity contribution in [3.05, 3.63) is 53.6 Å². The Morgan fingerprint density at radius 3 is 2.52 bits per heavy atom. The van der Waals surface area contributed by atoms with Crippen molar-refractivity contribution in [3.8, 4) is 11.5 Å². The lowest BCUT2D eigenvalue weighted by Crippen LogP contribution is -2.27. The fraction of sp³-hybridized carbons (Fsp3) is 0.333. The molecular formula is C21H22N2O4. The Labute approximate surface area is 158 Å². The van der Waals surface area contributed by atoms with Gasteiger partial charge >= 0.3 is 0 Å². The van der Waals surface area contributed by atoms with E-state index in [2.05, 4.69) is 5.32 Å². The van der Waals surface area contributed by atoms with Crippen LogP contribution in [0.15, 0.2) is 42.5 Å². The molecule has 1 atom stereocenters. The first-order chi connectivity index (χ1) is 13.1. The summed E-state index contributed by atoms with van der Waals surface area (Å²) in [6.45, 7) is 3.76. The predicted octanol–water partition coefficient (Wildman–Crippen LogP) is 3.08. The first-order valence-corrected chi connectivity index (χ1v) is 9.22. The van der Waals surface area contributed by atoms with Crippen LogP contribution in [0.5, 0.6) is 11.5 Å². The third-order valence-corrected chi connectivity index (χ3v) is 4.93. The van der Waals surface area contributed by atoms with Gasteiger partial charge in [-0.2, -0.15) is 0 Å². The molecule has 4 rings (SSSR count). The van der Waals surface area contributed by atoms with Crippen molar-refractivity contribution in [1.82, 2.24) is 5.32 Å². The second-order valence-electron chi connectivity index (χ2n) is 6.79. The van der Waals surface area contributed by atoms with Crippen molar-refractivity contribution in [2.75, 3.05) is 24.7 Å². The number of carbonyl (C=O) groups excluding carboxylic acids is 2. The van der Waals surface area contributed by atoms with E-state index in [0.717, 1.165) is 30.0 Å². The maximum Gasteiger partial charge on any atom is 0.251 e. The predicted molar refractivity (Wildman–Crippen MR) is 101 cm³/mol. The van der Waals surface area contributed by atoms with Gasteiger partial charge in [-0.15, -0.1) is 0 Å². The minimum atomic E-state index is -0.173. The van der Waals surface area contributed by atoms with E-state index in [1.54, 1.807) is 17.0 Å². The second kappa shape index (κ2) is 7.31. The third-order valence-electron chi connectivity index (χ3n) is 4.93. The molecule has 0 bridgehead atoms. The van der Waals surface area contributed by atoms with Crippen molar-refractivity contribution in [2.24, 2.45) is 0 Å². The molecule has 2 heterocycles. The molecule has 2 amide bonds. The molecule has 140 valence electrons. The van der Waals surface area contributed by atoms with Crippen molar-refractivity contribution >= 4 is 17.5 Å². The number of ether oxygens (including phenoxy) is 2. The summed E-state index contributed by atoms with van der Waals surface area (Å²) >= 11 is 0. The van der Waals surface area contributed by atoms with Gasteiger partial charge < -0.3 is 19.7 Å². The van der Waals surface area contributed by atoms with E-state index in [1.807, 2.05) is 37.3 Å². The molecule has 0 aromatic heterocycles. The molecule has 6 nitrogen and oxygen atoms in total. The van der Waals surface area contributed by atoms with Gasteiger partial charge in [0.05, 0.1) is 6.04 Å². The SMILES string of the molecule is C[C@H](NC(=O)c1ccc(N2CCCC2=O)cc1)c1ccc2c(c1)OCCO2. The topological polar surface area (TPSA) is 67.9 Å². The number of anilines is 1. The second-order valence-corrected chi connectivity index (χ2v) is 6.79. The van der Waals surface area contributed by atoms with Gasteiger partial charge in [0.2, 0.25) is 5.91 Å². The first-order valence-electron chi connectivity index (χ1n) is 9.22. The number of hydrogen-bond donors (Lipinski definition) is 1. The van der Waals surface area contributed by atoms with Crippen molar-refractivity contribution in [3.63, 3.8) is 0 Å². The molecular weight excluding hydrogens is 344 g/mol. The van der Waals surface area contributed by atoms with Crippen LogP contribution in [0.1, 0.15) is 41.7 Å². The zero-order valence-corrected chi connectivity index (χ0v) is 15.2. The number of nitrogens with one attached hydrogen (secondary N) is 1. The Balaban J connectivity index is 1.43. The van der Waals surface area contributed by atoms with Gasteiger partial charge in [0.1, 0.15) is 13.2 Å². The highest BCUT2D eigenvalue weighted by Crippen LogP contribution is 2.32. The minimum absolute atomic E-state index is 0.138. The Morgan fingerprint density at radius 1 is 1.07 bits per heavy atom. The molecule has 1 N–H and O–H groups in total. The lowest BCUT2D eigenvalue weighted by atomic mass is 10.1. The Hall–Kier alpha value is -3.02. The molecule has 0 spiro atoms. The molecule has 0 radical (unpaired) electrons. The standard InChI is InChI=1S/C21H22N2O4/c1-14(16-6-9-18-19(13-16)27-12-11-26-18)22-21(25)15-4-7-17(8-5-15)23-10-2-3-20(23)24/h4-9,13-14H,2-3,10-12H2,1H3,(H,22,25)/t14-/m0/s1. The molecule has 0 unspecified atom stereocenters. The minimum Gasteiger partial charge on any atom is -0.486 e. The molecule has 6 heteroatoms. The summed E-state index contributed by atoms with van der Waals surface area (Å²) in [5, 5.41) is 3.00. The molecule has 0 aliphatic carbocycles. The van der Waals surface area contributed by atoms with Crippen LogP contribution in [0.4, 0.5) is 5.69 Å². The number of hydrogen-bond acceptors (Lipinski definition) is 4. The Bertz CT molecular complexity index is 863. The van der Waals surface area contributed by atoms with Crippen molar-refractivity contribution in [1.29, 1.82) is 0 Å². The Morgan fingerprint density at radius 2 is 1.81 bits per heavy atom. The lowest BCUT2D eigenvalue weighted by Gasteiger charge is -2.21. The number of carbonyl (C=O) groups is 2.